The summed E-state index contributed by atoms with van der Waals surface area (Å²) in [5.74, 6) is -0.626. The van der Waals surface area contributed by atoms with E-state index in [9.17, 15) is 9.18 Å². The number of amides is 1. The highest BCUT2D eigenvalue weighted by atomic mass is 19.1. The number of carbonyl (C=O) groups is 1. The molecule has 2 unspecified atom stereocenters. The van der Waals surface area contributed by atoms with Crippen molar-refractivity contribution in [3.05, 3.63) is 29.1 Å². The zero-order valence-electron chi connectivity index (χ0n) is 11.4. The van der Waals surface area contributed by atoms with E-state index in [0.717, 1.165) is 36.9 Å². The van der Waals surface area contributed by atoms with Gasteiger partial charge in [-0.25, -0.2) is 4.39 Å². The Morgan fingerprint density at radius 2 is 2.25 bits per heavy atom. The molecular formula is C15H20FN3O. The maximum atomic E-state index is 14.4. The molecule has 1 aromatic carbocycles. The Bertz CT molecular complexity index is 532. The summed E-state index contributed by atoms with van der Waals surface area (Å²) < 4.78 is 14.4. The average molecular weight is 277 g/mol. The molecule has 1 aliphatic carbocycles. The zero-order valence-corrected chi connectivity index (χ0v) is 11.4. The first-order valence-electron chi connectivity index (χ1n) is 7.24. The van der Waals surface area contributed by atoms with Gasteiger partial charge < -0.3 is 16.4 Å². The molecule has 2 atom stereocenters. The molecule has 0 aromatic heterocycles. The van der Waals surface area contributed by atoms with Crippen molar-refractivity contribution >= 4 is 11.6 Å². The fourth-order valence-corrected chi connectivity index (χ4v) is 3.17. The van der Waals surface area contributed by atoms with Crippen LogP contribution >= 0.6 is 0 Å². The van der Waals surface area contributed by atoms with Gasteiger partial charge in [-0.15, -0.1) is 0 Å². The van der Waals surface area contributed by atoms with Crippen LogP contribution in [0, 0.1) is 11.7 Å². The molecule has 4 nitrogen and oxygen atoms in total. The molecule has 1 saturated carbocycles. The predicted octanol–water partition coefficient (Wildman–Crippen LogP) is 1.54. The third-order valence-corrected chi connectivity index (χ3v) is 4.37. The second kappa shape index (κ2) is 5.50. The Morgan fingerprint density at radius 1 is 1.40 bits per heavy atom. The summed E-state index contributed by atoms with van der Waals surface area (Å²) in [6.45, 7) is 1.46. The summed E-state index contributed by atoms with van der Waals surface area (Å²) in [6.07, 6.45) is 3.30. The standard InChI is InChI=1S/C15H20FN3O/c16-14-10-6-7-18-8-9(10)4-5-13(14)19-15(20)11-2-1-3-12(11)17/h4-5,11-12,18H,1-3,6-8,17H2,(H,19,20). The van der Waals surface area contributed by atoms with Gasteiger partial charge in [0.05, 0.1) is 11.6 Å². The normalized spacial score (nSPS) is 25.3. The van der Waals surface area contributed by atoms with E-state index in [1.807, 2.05) is 6.07 Å². The molecule has 1 fully saturated rings. The molecule has 20 heavy (non-hydrogen) atoms. The van der Waals surface area contributed by atoms with E-state index in [1.165, 1.54) is 0 Å². The van der Waals surface area contributed by atoms with Gasteiger partial charge in [-0.1, -0.05) is 12.5 Å². The molecule has 2 aliphatic rings. The topological polar surface area (TPSA) is 67.2 Å². The summed E-state index contributed by atoms with van der Waals surface area (Å²) in [5, 5.41) is 5.93. The molecule has 0 bridgehead atoms. The number of fused-ring (bicyclic) bond motifs is 1. The number of carbonyl (C=O) groups excluding carboxylic acids is 1. The summed E-state index contributed by atoms with van der Waals surface area (Å²) in [6, 6.07) is 3.44. The Hall–Kier alpha value is -1.46. The lowest BCUT2D eigenvalue weighted by Gasteiger charge is -2.20. The number of benzene rings is 1. The van der Waals surface area contributed by atoms with Crippen LogP contribution < -0.4 is 16.4 Å². The molecule has 0 saturated heterocycles. The van der Waals surface area contributed by atoms with E-state index in [1.54, 1.807) is 6.07 Å². The average Bonchev–Trinajstić information content (AvgIpc) is 2.88. The van der Waals surface area contributed by atoms with Crippen molar-refractivity contribution in [1.82, 2.24) is 5.32 Å². The second-order valence-electron chi connectivity index (χ2n) is 5.68. The Balaban J connectivity index is 1.79. The van der Waals surface area contributed by atoms with Crippen molar-refractivity contribution in [3.63, 3.8) is 0 Å². The Kier molecular flexibility index (Phi) is 3.72. The number of nitrogens with one attached hydrogen (secondary N) is 2. The molecule has 1 amide bonds. The summed E-state index contributed by atoms with van der Waals surface area (Å²) in [7, 11) is 0. The van der Waals surface area contributed by atoms with Crippen LogP contribution in [0.2, 0.25) is 0 Å². The zero-order chi connectivity index (χ0) is 14.1. The van der Waals surface area contributed by atoms with E-state index in [4.69, 9.17) is 5.73 Å². The summed E-state index contributed by atoms with van der Waals surface area (Å²) in [5.41, 5.74) is 7.90. The first-order valence-corrected chi connectivity index (χ1v) is 7.24. The number of nitrogens with two attached hydrogens (primary N) is 1. The van der Waals surface area contributed by atoms with Gasteiger partial charge in [0, 0.05) is 12.6 Å². The molecule has 5 heteroatoms. The Labute approximate surface area is 117 Å². The molecule has 1 aliphatic heterocycles. The number of halogens is 1. The van der Waals surface area contributed by atoms with Crippen LogP contribution in [0.15, 0.2) is 12.1 Å². The van der Waals surface area contributed by atoms with Crippen molar-refractivity contribution in [1.29, 1.82) is 0 Å². The van der Waals surface area contributed by atoms with Gasteiger partial charge in [0.15, 0.2) is 0 Å². The van der Waals surface area contributed by atoms with E-state index in [0.29, 0.717) is 13.0 Å². The van der Waals surface area contributed by atoms with Crippen molar-refractivity contribution < 1.29 is 9.18 Å². The van der Waals surface area contributed by atoms with Gasteiger partial charge in [-0.05, 0) is 43.0 Å². The van der Waals surface area contributed by atoms with Crippen LogP contribution in [0.3, 0.4) is 0 Å². The minimum absolute atomic E-state index is 0.0973. The van der Waals surface area contributed by atoms with Crippen LogP contribution in [-0.4, -0.2) is 18.5 Å². The summed E-state index contributed by atoms with van der Waals surface area (Å²) >= 11 is 0. The monoisotopic (exact) mass is 277 g/mol. The lowest BCUT2D eigenvalue weighted by atomic mass is 9.98. The van der Waals surface area contributed by atoms with Crippen LogP contribution in [0.4, 0.5) is 10.1 Å². The molecular weight excluding hydrogens is 257 g/mol. The van der Waals surface area contributed by atoms with Crippen molar-refractivity contribution in [3.8, 4) is 0 Å². The predicted molar refractivity (Wildman–Crippen MR) is 75.8 cm³/mol. The van der Waals surface area contributed by atoms with Gasteiger partial charge in [-0.2, -0.15) is 0 Å². The van der Waals surface area contributed by atoms with Crippen molar-refractivity contribution in [2.45, 2.75) is 38.3 Å². The highest BCUT2D eigenvalue weighted by molar-refractivity contribution is 5.93. The highest BCUT2D eigenvalue weighted by Gasteiger charge is 2.31. The van der Waals surface area contributed by atoms with Gasteiger partial charge in [-0.3, -0.25) is 4.79 Å². The van der Waals surface area contributed by atoms with E-state index >= 15 is 0 Å². The number of anilines is 1. The third kappa shape index (κ3) is 2.43. The van der Waals surface area contributed by atoms with Crippen molar-refractivity contribution in [2.75, 3.05) is 11.9 Å². The first-order chi connectivity index (χ1) is 9.66. The number of rotatable bonds is 2. The smallest absolute Gasteiger partial charge is 0.229 e. The fourth-order valence-electron chi connectivity index (χ4n) is 3.17. The molecule has 1 heterocycles. The SMILES string of the molecule is NC1CCCC1C(=O)Nc1ccc2c(c1F)CCNC2. The highest BCUT2D eigenvalue weighted by Crippen LogP contribution is 2.28. The first kappa shape index (κ1) is 13.5. The van der Waals surface area contributed by atoms with Crippen LogP contribution in [0.5, 0.6) is 0 Å². The number of hydrogen-bond acceptors (Lipinski definition) is 3. The second-order valence-corrected chi connectivity index (χ2v) is 5.68. The maximum Gasteiger partial charge on any atom is 0.229 e. The quantitative estimate of drug-likeness (QED) is 0.768. The van der Waals surface area contributed by atoms with Crippen molar-refractivity contribution in [2.24, 2.45) is 11.7 Å². The van der Waals surface area contributed by atoms with Crippen LogP contribution in [0.1, 0.15) is 30.4 Å². The lowest BCUT2D eigenvalue weighted by molar-refractivity contribution is -0.120. The molecule has 3 rings (SSSR count). The van der Waals surface area contributed by atoms with E-state index in [2.05, 4.69) is 10.6 Å². The van der Waals surface area contributed by atoms with Crippen LogP contribution in [-0.2, 0) is 17.8 Å². The van der Waals surface area contributed by atoms with Gasteiger partial charge in [0.25, 0.3) is 0 Å². The molecule has 4 N–H and O–H groups in total. The molecule has 0 radical (unpaired) electrons. The number of hydrogen-bond donors (Lipinski definition) is 3. The van der Waals surface area contributed by atoms with E-state index in [-0.39, 0.29) is 29.4 Å². The molecule has 108 valence electrons. The lowest BCUT2D eigenvalue weighted by Crippen LogP contribution is -2.34. The van der Waals surface area contributed by atoms with Gasteiger partial charge in [0.2, 0.25) is 5.91 Å². The Morgan fingerprint density at radius 3 is 3.00 bits per heavy atom. The van der Waals surface area contributed by atoms with Gasteiger partial charge >= 0.3 is 0 Å². The minimum atomic E-state index is -0.288. The van der Waals surface area contributed by atoms with E-state index < -0.39 is 0 Å². The minimum Gasteiger partial charge on any atom is -0.327 e. The molecule has 1 aromatic rings. The molecule has 0 spiro atoms. The largest absolute Gasteiger partial charge is 0.327 e. The van der Waals surface area contributed by atoms with Gasteiger partial charge in [0.1, 0.15) is 5.82 Å². The fraction of sp³-hybridized carbons (Fsp3) is 0.533. The summed E-state index contributed by atoms with van der Waals surface area (Å²) in [4.78, 5) is 12.2. The third-order valence-electron chi connectivity index (χ3n) is 4.37. The maximum absolute atomic E-state index is 14.4. The van der Waals surface area contributed by atoms with Crippen LogP contribution in [0.25, 0.3) is 0 Å².